The van der Waals surface area contributed by atoms with Gasteiger partial charge in [0.25, 0.3) is 10.1 Å². The number of allylic oxidation sites excluding steroid dienone is 8. The summed E-state index contributed by atoms with van der Waals surface area (Å²) in [6.45, 7) is 3.64. The number of hydrogen-bond donors (Lipinski definition) is 4. The highest BCUT2D eigenvalue weighted by Crippen LogP contribution is 2.24. The van der Waals surface area contributed by atoms with Gasteiger partial charge >= 0.3 is 11.9 Å². The molecule has 6 atom stereocenters. The summed E-state index contributed by atoms with van der Waals surface area (Å²) in [6, 6.07) is 0. The summed E-state index contributed by atoms with van der Waals surface area (Å²) in [6.07, 6.45) is 35.8. The summed E-state index contributed by atoms with van der Waals surface area (Å²) in [5, 5.41) is 30.9. The number of aliphatic hydroxyl groups is 3. The van der Waals surface area contributed by atoms with Gasteiger partial charge in [-0.1, -0.05) is 172 Å². The molecule has 13 heteroatoms. The molecule has 0 aliphatic carbocycles. The molecule has 4 N–H and O–H groups in total. The first-order chi connectivity index (χ1) is 29.5. The lowest BCUT2D eigenvalue weighted by Gasteiger charge is -2.40. The fraction of sp³-hybridized carbons (Fsp3) is 0.792. The summed E-state index contributed by atoms with van der Waals surface area (Å²) in [7, 11) is -4.61. The Morgan fingerprint density at radius 2 is 1.03 bits per heavy atom. The molecular weight excluding hydrogens is 801 g/mol. The third-order valence-corrected chi connectivity index (χ3v) is 11.4. The molecule has 1 aliphatic rings. The van der Waals surface area contributed by atoms with Crippen LogP contribution >= 0.6 is 0 Å². The van der Waals surface area contributed by atoms with Gasteiger partial charge in [-0.3, -0.25) is 14.1 Å². The van der Waals surface area contributed by atoms with Crippen LogP contribution in [0.3, 0.4) is 0 Å². The van der Waals surface area contributed by atoms with Gasteiger partial charge < -0.3 is 34.3 Å². The zero-order valence-electron chi connectivity index (χ0n) is 37.8. The highest BCUT2D eigenvalue weighted by atomic mass is 32.2. The Hall–Kier alpha value is -2.39. The van der Waals surface area contributed by atoms with Crippen molar-refractivity contribution < 1.29 is 56.8 Å². The second-order valence-corrected chi connectivity index (χ2v) is 17.9. The maximum Gasteiger partial charge on any atom is 0.306 e. The maximum absolute atomic E-state index is 12.8. The molecule has 1 aliphatic heterocycles. The SMILES string of the molecule is CC/C=C\C/C=C\C/C=C\C/C=C\CCCCCCCCC(=O)OC(COC(=O)CCCCCCCCCCCCCCCC)COC1OC(CS(=O)(=O)O)C(O)C(O)C1O. The molecule has 0 aromatic rings. The average molecular weight is 885 g/mol. The fourth-order valence-electron chi connectivity index (χ4n) is 7.02. The number of carbonyl (C=O) groups is 2. The van der Waals surface area contributed by atoms with E-state index in [2.05, 4.69) is 62.5 Å². The molecule has 12 nitrogen and oxygen atoms in total. The number of unbranched alkanes of at least 4 members (excludes halogenated alkanes) is 19. The Kier molecular flexibility index (Phi) is 35.4. The van der Waals surface area contributed by atoms with Gasteiger partial charge in [0, 0.05) is 12.8 Å². The number of esters is 2. The second-order valence-electron chi connectivity index (χ2n) is 16.4. The first kappa shape index (κ1) is 56.6. The molecule has 61 heavy (non-hydrogen) atoms. The van der Waals surface area contributed by atoms with Gasteiger partial charge in [0.05, 0.1) is 6.61 Å². The Morgan fingerprint density at radius 1 is 0.574 bits per heavy atom. The van der Waals surface area contributed by atoms with E-state index in [0.717, 1.165) is 83.5 Å². The lowest BCUT2D eigenvalue weighted by atomic mass is 10.00. The van der Waals surface area contributed by atoms with Crippen molar-refractivity contribution in [1.82, 2.24) is 0 Å². The van der Waals surface area contributed by atoms with E-state index in [4.69, 9.17) is 18.9 Å². The van der Waals surface area contributed by atoms with E-state index in [-0.39, 0.29) is 19.4 Å². The van der Waals surface area contributed by atoms with E-state index in [1.165, 1.54) is 64.2 Å². The number of hydrogen-bond acceptors (Lipinski definition) is 11. The third kappa shape index (κ3) is 32.9. The zero-order chi connectivity index (χ0) is 44.8. The monoisotopic (exact) mass is 885 g/mol. The highest BCUT2D eigenvalue weighted by molar-refractivity contribution is 7.85. The van der Waals surface area contributed by atoms with Crippen LogP contribution in [0.1, 0.15) is 187 Å². The molecule has 0 radical (unpaired) electrons. The predicted molar refractivity (Wildman–Crippen MR) is 242 cm³/mol. The summed E-state index contributed by atoms with van der Waals surface area (Å²) >= 11 is 0. The van der Waals surface area contributed by atoms with Crippen molar-refractivity contribution in [2.75, 3.05) is 19.0 Å². The van der Waals surface area contributed by atoms with Crippen LogP contribution in [0.15, 0.2) is 48.6 Å². The molecule has 0 saturated carbocycles. The number of aliphatic hydroxyl groups excluding tert-OH is 3. The molecule has 354 valence electrons. The van der Waals surface area contributed by atoms with Crippen LogP contribution in [0, 0.1) is 0 Å². The Balaban J connectivity index is 2.43. The standard InChI is InChI=1S/C48H84O12S/c1-3-5-7-9-11-13-15-17-19-20-21-22-23-25-27-29-31-33-35-37-44(50)59-41(39-58-48-47(53)46(52)45(51)42(60-48)40-61(54,55)56)38-57-43(49)36-34-32-30-28-26-24-18-16-14-12-10-8-6-4-2/h5,7,11,13,17,19,21-22,41-42,45-48,51-53H,3-4,6,8-10,12,14-16,18,20,23-40H2,1-2H3,(H,54,55,56)/b7-5-,13-11-,19-17-,22-21-. The van der Waals surface area contributed by atoms with Crippen molar-refractivity contribution in [2.45, 2.75) is 224 Å². The van der Waals surface area contributed by atoms with Gasteiger partial charge in [0.1, 0.15) is 36.8 Å². The zero-order valence-corrected chi connectivity index (χ0v) is 38.6. The van der Waals surface area contributed by atoms with E-state index in [1.807, 2.05) is 0 Å². The van der Waals surface area contributed by atoms with Crippen molar-refractivity contribution in [3.63, 3.8) is 0 Å². The van der Waals surface area contributed by atoms with Gasteiger partial charge in [-0.25, -0.2) is 0 Å². The number of carbonyl (C=O) groups excluding carboxylic acids is 2. The van der Waals surface area contributed by atoms with Crippen LogP contribution in [0.4, 0.5) is 0 Å². The minimum Gasteiger partial charge on any atom is -0.462 e. The smallest absolute Gasteiger partial charge is 0.306 e. The topological polar surface area (TPSA) is 186 Å². The van der Waals surface area contributed by atoms with Crippen LogP contribution in [0.25, 0.3) is 0 Å². The molecule has 0 aromatic carbocycles. The van der Waals surface area contributed by atoms with Gasteiger partial charge in [-0.2, -0.15) is 8.42 Å². The van der Waals surface area contributed by atoms with E-state index in [9.17, 15) is 37.9 Å². The third-order valence-electron chi connectivity index (χ3n) is 10.7. The quantitative estimate of drug-likeness (QED) is 0.0198. The minimum atomic E-state index is -4.61. The minimum absolute atomic E-state index is 0.148. The molecule has 0 aromatic heterocycles. The first-order valence-electron chi connectivity index (χ1n) is 23.7. The Labute approximate surface area is 369 Å². The molecule has 1 saturated heterocycles. The van der Waals surface area contributed by atoms with E-state index < -0.39 is 71.2 Å². The van der Waals surface area contributed by atoms with Gasteiger partial charge in [0.2, 0.25) is 0 Å². The van der Waals surface area contributed by atoms with Crippen LogP contribution in [0.5, 0.6) is 0 Å². The molecule has 1 rings (SSSR count). The lowest BCUT2D eigenvalue weighted by molar-refractivity contribution is -0.297. The van der Waals surface area contributed by atoms with Crippen LogP contribution in [-0.2, 0) is 38.7 Å². The van der Waals surface area contributed by atoms with E-state index in [0.29, 0.717) is 12.8 Å². The lowest BCUT2D eigenvalue weighted by Crippen LogP contribution is -2.60. The summed E-state index contributed by atoms with van der Waals surface area (Å²) in [4.78, 5) is 25.4. The van der Waals surface area contributed by atoms with Crippen molar-refractivity contribution in [3.05, 3.63) is 48.6 Å². The summed E-state index contributed by atoms with van der Waals surface area (Å²) in [5.74, 6) is -2.00. The van der Waals surface area contributed by atoms with E-state index >= 15 is 0 Å². The predicted octanol–water partition coefficient (Wildman–Crippen LogP) is 9.95. The van der Waals surface area contributed by atoms with Crippen molar-refractivity contribution >= 4 is 22.1 Å². The highest BCUT2D eigenvalue weighted by Gasteiger charge is 2.46. The largest absolute Gasteiger partial charge is 0.462 e. The van der Waals surface area contributed by atoms with E-state index in [1.54, 1.807) is 0 Å². The van der Waals surface area contributed by atoms with Crippen LogP contribution in [-0.4, -0.2) is 96.0 Å². The second kappa shape index (κ2) is 38.1. The maximum atomic E-state index is 12.8. The average Bonchev–Trinajstić information content (AvgIpc) is 3.22. The van der Waals surface area contributed by atoms with Crippen molar-refractivity contribution in [1.29, 1.82) is 0 Å². The molecular formula is C48H84O12S. The fourth-order valence-corrected chi connectivity index (χ4v) is 7.71. The normalized spacial score (nSPS) is 20.4. The van der Waals surface area contributed by atoms with Crippen molar-refractivity contribution in [2.24, 2.45) is 0 Å². The molecule has 1 heterocycles. The van der Waals surface area contributed by atoms with Gasteiger partial charge in [0.15, 0.2) is 12.4 Å². The van der Waals surface area contributed by atoms with Gasteiger partial charge in [-0.05, 0) is 51.4 Å². The van der Waals surface area contributed by atoms with Crippen LogP contribution < -0.4 is 0 Å². The number of ether oxygens (including phenoxy) is 4. The Morgan fingerprint density at radius 3 is 1.54 bits per heavy atom. The molecule has 0 bridgehead atoms. The summed E-state index contributed by atoms with van der Waals surface area (Å²) < 4.78 is 54.1. The van der Waals surface area contributed by atoms with Crippen LogP contribution in [0.2, 0.25) is 0 Å². The van der Waals surface area contributed by atoms with Crippen molar-refractivity contribution in [3.8, 4) is 0 Å². The van der Waals surface area contributed by atoms with Gasteiger partial charge in [-0.15, -0.1) is 0 Å². The molecule has 1 fully saturated rings. The molecule has 6 unspecified atom stereocenters. The number of rotatable bonds is 39. The molecule has 0 spiro atoms. The summed E-state index contributed by atoms with van der Waals surface area (Å²) in [5.41, 5.74) is 0. The Bertz CT molecular complexity index is 1310. The molecule has 0 amide bonds. The first-order valence-corrected chi connectivity index (χ1v) is 25.3.